The number of rotatable bonds is 3. The summed E-state index contributed by atoms with van der Waals surface area (Å²) in [6.45, 7) is 1.85. The van der Waals surface area contributed by atoms with Crippen molar-refractivity contribution >= 4 is 17.2 Å². The zero-order chi connectivity index (χ0) is 18.5. The Hall–Kier alpha value is -2.90. The number of carbonyl (C=O) groups is 1. The van der Waals surface area contributed by atoms with Crippen LogP contribution >= 0.6 is 0 Å². The maximum Gasteiger partial charge on any atom is 0.418 e. The fraction of sp³-hybridized carbons (Fsp3) is 0.278. The number of fused-ring (bicyclic) bond motifs is 2. The zero-order valence-electron chi connectivity index (χ0n) is 13.9. The molecule has 26 heavy (non-hydrogen) atoms. The van der Waals surface area contributed by atoms with Crippen LogP contribution in [0.1, 0.15) is 35.1 Å². The molecule has 0 unspecified atom stereocenters. The molecule has 0 saturated carbocycles. The first-order valence-electron chi connectivity index (χ1n) is 8.21. The molecule has 1 N–H and O–H groups in total. The number of halogens is 3. The fourth-order valence-corrected chi connectivity index (χ4v) is 3.21. The number of alkyl halides is 3. The predicted octanol–water partition coefficient (Wildman–Crippen LogP) is 3.40. The van der Waals surface area contributed by atoms with E-state index in [4.69, 9.17) is 0 Å². The van der Waals surface area contributed by atoms with Crippen molar-refractivity contribution in [3.05, 3.63) is 58.5 Å². The normalized spacial score (nSPS) is 13.9. The highest BCUT2D eigenvalue weighted by molar-refractivity contribution is 5.99. The number of carbonyl (C=O) groups excluding carboxylic acids is 1. The third-order valence-electron chi connectivity index (χ3n) is 4.43. The van der Waals surface area contributed by atoms with Gasteiger partial charge in [-0.1, -0.05) is 19.1 Å². The van der Waals surface area contributed by atoms with Crippen LogP contribution in [-0.4, -0.2) is 20.5 Å². The Morgan fingerprint density at radius 3 is 2.77 bits per heavy atom. The van der Waals surface area contributed by atoms with Gasteiger partial charge in [-0.05, 0) is 29.3 Å². The first kappa shape index (κ1) is 16.6. The van der Waals surface area contributed by atoms with Gasteiger partial charge in [0, 0.05) is 18.5 Å². The van der Waals surface area contributed by atoms with Gasteiger partial charge in [-0.3, -0.25) is 4.79 Å². The molecule has 134 valence electrons. The summed E-state index contributed by atoms with van der Waals surface area (Å²) in [5.41, 5.74) is 1.89. The quantitative estimate of drug-likeness (QED) is 0.779. The van der Waals surface area contributed by atoms with Crippen molar-refractivity contribution in [1.29, 1.82) is 0 Å². The third kappa shape index (κ3) is 2.81. The van der Waals surface area contributed by atoms with E-state index in [1.165, 1.54) is 10.6 Å². The van der Waals surface area contributed by atoms with Crippen molar-refractivity contribution in [2.45, 2.75) is 32.4 Å². The molecule has 0 spiro atoms. The van der Waals surface area contributed by atoms with Crippen molar-refractivity contribution in [2.75, 3.05) is 5.32 Å². The molecule has 0 atom stereocenters. The Labute approximate surface area is 146 Å². The van der Waals surface area contributed by atoms with Crippen molar-refractivity contribution in [3.8, 4) is 0 Å². The van der Waals surface area contributed by atoms with Crippen LogP contribution in [0.15, 0.2) is 30.3 Å². The maximum absolute atomic E-state index is 13.5. The topological polar surface area (TPSA) is 59.3 Å². The molecule has 0 aliphatic carbocycles. The van der Waals surface area contributed by atoms with Gasteiger partial charge in [0.15, 0.2) is 11.5 Å². The van der Waals surface area contributed by atoms with Crippen LogP contribution in [-0.2, 0) is 30.2 Å². The smallest absolute Gasteiger partial charge is 0.326 e. The number of hydrogen-bond donors (Lipinski definition) is 1. The third-order valence-corrected chi connectivity index (χ3v) is 4.43. The Balaban J connectivity index is 1.83. The first-order valence-corrected chi connectivity index (χ1v) is 8.21. The Morgan fingerprint density at radius 2 is 2.04 bits per heavy atom. The van der Waals surface area contributed by atoms with E-state index in [9.17, 15) is 18.0 Å². The molecule has 1 amide bonds. The summed E-state index contributed by atoms with van der Waals surface area (Å²) < 4.78 is 41.8. The summed E-state index contributed by atoms with van der Waals surface area (Å²) in [6.07, 6.45) is -3.67. The van der Waals surface area contributed by atoms with Gasteiger partial charge in [-0.2, -0.15) is 18.3 Å². The van der Waals surface area contributed by atoms with Gasteiger partial charge in [0.1, 0.15) is 0 Å². The Kier molecular flexibility index (Phi) is 3.71. The van der Waals surface area contributed by atoms with Gasteiger partial charge in [0.05, 0.1) is 17.7 Å². The number of pyridine rings is 1. The number of aromatic nitrogens is 3. The van der Waals surface area contributed by atoms with Gasteiger partial charge in [-0.15, -0.1) is 0 Å². The molecular weight excluding hydrogens is 345 g/mol. The van der Waals surface area contributed by atoms with Crippen molar-refractivity contribution in [2.24, 2.45) is 0 Å². The minimum Gasteiger partial charge on any atom is -0.326 e. The van der Waals surface area contributed by atoms with E-state index in [1.807, 2.05) is 6.92 Å². The highest BCUT2D eigenvalue weighted by Crippen LogP contribution is 2.34. The van der Waals surface area contributed by atoms with Gasteiger partial charge < -0.3 is 5.32 Å². The number of anilines is 1. The second kappa shape index (κ2) is 5.82. The van der Waals surface area contributed by atoms with Gasteiger partial charge in [-0.25, -0.2) is 9.50 Å². The van der Waals surface area contributed by atoms with Crippen LogP contribution < -0.4 is 5.32 Å². The molecule has 8 heteroatoms. The molecule has 1 aliphatic heterocycles. The molecule has 2 aromatic heterocycles. The zero-order valence-corrected chi connectivity index (χ0v) is 13.9. The minimum absolute atomic E-state index is 0.0411. The SMILES string of the molecule is CCc1nc2ccc(C(F)(F)F)c(Cc3ccc4c(c3)CC(=O)N4)n2n1. The van der Waals surface area contributed by atoms with E-state index in [-0.39, 0.29) is 24.4 Å². The second-order valence-corrected chi connectivity index (χ2v) is 6.24. The lowest BCUT2D eigenvalue weighted by atomic mass is 10.0. The lowest BCUT2D eigenvalue weighted by Gasteiger charge is -2.14. The summed E-state index contributed by atoms with van der Waals surface area (Å²) in [5, 5.41) is 6.94. The number of amides is 1. The molecule has 3 heterocycles. The first-order chi connectivity index (χ1) is 12.3. The van der Waals surface area contributed by atoms with E-state index in [0.717, 1.165) is 11.6 Å². The highest BCUT2D eigenvalue weighted by Gasteiger charge is 2.35. The van der Waals surface area contributed by atoms with E-state index in [0.29, 0.717) is 29.1 Å². The maximum atomic E-state index is 13.5. The van der Waals surface area contributed by atoms with Crippen molar-refractivity contribution in [3.63, 3.8) is 0 Å². The second-order valence-electron chi connectivity index (χ2n) is 6.24. The van der Waals surface area contributed by atoms with Crippen LogP contribution in [0.3, 0.4) is 0 Å². The van der Waals surface area contributed by atoms with E-state index in [2.05, 4.69) is 15.4 Å². The summed E-state index contributed by atoms with van der Waals surface area (Å²) in [7, 11) is 0. The van der Waals surface area contributed by atoms with E-state index < -0.39 is 11.7 Å². The van der Waals surface area contributed by atoms with Crippen LogP contribution in [0.25, 0.3) is 5.65 Å². The van der Waals surface area contributed by atoms with Gasteiger partial charge in [0.2, 0.25) is 5.91 Å². The average Bonchev–Trinajstić information content (AvgIpc) is 3.15. The summed E-state index contributed by atoms with van der Waals surface area (Å²) in [6, 6.07) is 7.60. The largest absolute Gasteiger partial charge is 0.418 e. The monoisotopic (exact) mass is 360 g/mol. The molecule has 0 saturated heterocycles. The fourth-order valence-electron chi connectivity index (χ4n) is 3.21. The molecule has 1 aromatic carbocycles. The van der Waals surface area contributed by atoms with Crippen LogP contribution in [0, 0.1) is 0 Å². The molecule has 0 radical (unpaired) electrons. The molecule has 0 fully saturated rings. The summed E-state index contributed by atoms with van der Waals surface area (Å²) in [4.78, 5) is 15.7. The minimum atomic E-state index is -4.49. The summed E-state index contributed by atoms with van der Waals surface area (Å²) in [5.74, 6) is 0.383. The molecule has 1 aliphatic rings. The van der Waals surface area contributed by atoms with Crippen molar-refractivity contribution < 1.29 is 18.0 Å². The standard InChI is InChI=1S/C18H15F3N4O/c1-2-15-23-16-6-4-12(18(19,20)21)14(25(16)24-15)8-10-3-5-13-11(7-10)9-17(26)22-13/h3-7H,2,8-9H2,1H3,(H,22,26). The van der Waals surface area contributed by atoms with Crippen LogP contribution in [0.4, 0.5) is 18.9 Å². The number of nitrogens with one attached hydrogen (secondary N) is 1. The van der Waals surface area contributed by atoms with Crippen LogP contribution in [0.2, 0.25) is 0 Å². The molecule has 3 aromatic rings. The summed E-state index contributed by atoms with van der Waals surface area (Å²) >= 11 is 0. The van der Waals surface area contributed by atoms with Crippen LogP contribution in [0.5, 0.6) is 0 Å². The Bertz CT molecular complexity index is 1020. The number of hydrogen-bond acceptors (Lipinski definition) is 3. The van der Waals surface area contributed by atoms with E-state index >= 15 is 0 Å². The molecule has 0 bridgehead atoms. The van der Waals surface area contributed by atoms with Gasteiger partial charge >= 0.3 is 6.18 Å². The number of nitrogens with zero attached hydrogens (tertiary/aromatic N) is 3. The number of benzene rings is 1. The van der Waals surface area contributed by atoms with Crippen molar-refractivity contribution in [1.82, 2.24) is 14.6 Å². The molecule has 5 nitrogen and oxygen atoms in total. The average molecular weight is 360 g/mol. The van der Waals surface area contributed by atoms with E-state index in [1.54, 1.807) is 18.2 Å². The Morgan fingerprint density at radius 1 is 1.23 bits per heavy atom. The number of aryl methyl sites for hydroxylation is 1. The highest BCUT2D eigenvalue weighted by atomic mass is 19.4. The molecule has 4 rings (SSSR count). The van der Waals surface area contributed by atoms with Gasteiger partial charge in [0.25, 0.3) is 0 Å². The predicted molar refractivity (Wildman–Crippen MR) is 88.9 cm³/mol. The lowest BCUT2D eigenvalue weighted by molar-refractivity contribution is -0.138. The lowest BCUT2D eigenvalue weighted by Crippen LogP contribution is -2.14. The molecular formula is C18H15F3N4O.